The molecule has 2 aromatic carbocycles. The Morgan fingerprint density at radius 3 is 2.75 bits per heavy atom. The summed E-state index contributed by atoms with van der Waals surface area (Å²) in [6.07, 6.45) is 1.56. The first-order valence-electron chi connectivity index (χ1n) is 7.71. The molecule has 0 bridgehead atoms. The summed E-state index contributed by atoms with van der Waals surface area (Å²) in [6, 6.07) is 17.4. The molecule has 4 aromatic rings. The maximum absolute atomic E-state index is 12.3. The van der Waals surface area contributed by atoms with Gasteiger partial charge in [0.15, 0.2) is 5.76 Å². The van der Waals surface area contributed by atoms with Crippen LogP contribution in [0.3, 0.4) is 0 Å². The number of aryl methyl sites for hydroxylation is 1. The second-order valence-corrected chi connectivity index (χ2v) is 5.65. The molecular weight excluding hydrogens is 302 g/mol. The number of nitrogens with zero attached hydrogens (tertiary/aromatic N) is 1. The Balaban J connectivity index is 1.60. The van der Waals surface area contributed by atoms with Crippen molar-refractivity contribution >= 4 is 33.7 Å². The van der Waals surface area contributed by atoms with Crippen LogP contribution in [0.15, 0.2) is 68.4 Å². The van der Waals surface area contributed by atoms with Crippen LogP contribution in [0.1, 0.15) is 22.1 Å². The molecule has 0 fully saturated rings. The van der Waals surface area contributed by atoms with Gasteiger partial charge in [-0.2, -0.15) is 0 Å². The van der Waals surface area contributed by atoms with Crippen LogP contribution in [0.2, 0.25) is 0 Å². The summed E-state index contributed by atoms with van der Waals surface area (Å²) in [5.74, 6) is 1.62. The van der Waals surface area contributed by atoms with Crippen LogP contribution >= 0.6 is 0 Å². The third kappa shape index (κ3) is 2.63. The fraction of sp³-hybridized carbons (Fsp3) is 0.100. The van der Waals surface area contributed by atoms with Crippen molar-refractivity contribution in [2.24, 2.45) is 4.99 Å². The SMILES string of the molecule is Cc1ccc(C=NCC(=O)c2cc3c(ccc4ccccc43)o2)o1. The zero-order valence-corrected chi connectivity index (χ0v) is 13.2. The summed E-state index contributed by atoms with van der Waals surface area (Å²) in [5.41, 5.74) is 0.711. The fourth-order valence-corrected chi connectivity index (χ4v) is 2.75. The van der Waals surface area contributed by atoms with Crippen molar-refractivity contribution in [1.82, 2.24) is 0 Å². The van der Waals surface area contributed by atoms with E-state index in [9.17, 15) is 4.79 Å². The molecule has 0 aliphatic heterocycles. The third-order valence-corrected chi connectivity index (χ3v) is 3.92. The quantitative estimate of drug-likeness (QED) is 0.402. The van der Waals surface area contributed by atoms with Crippen molar-refractivity contribution in [3.05, 3.63) is 71.9 Å². The van der Waals surface area contributed by atoms with Gasteiger partial charge in [0.2, 0.25) is 5.78 Å². The maximum Gasteiger partial charge on any atom is 0.219 e. The number of carbonyl (C=O) groups excluding carboxylic acids is 1. The van der Waals surface area contributed by atoms with E-state index in [0.29, 0.717) is 17.1 Å². The van der Waals surface area contributed by atoms with Crippen LogP contribution in [0.5, 0.6) is 0 Å². The Labute approximate surface area is 138 Å². The highest BCUT2D eigenvalue weighted by atomic mass is 16.3. The second kappa shape index (κ2) is 5.81. The van der Waals surface area contributed by atoms with Gasteiger partial charge in [0.05, 0.1) is 6.21 Å². The van der Waals surface area contributed by atoms with Crippen LogP contribution in [0, 0.1) is 6.92 Å². The Morgan fingerprint density at radius 2 is 1.92 bits per heavy atom. The summed E-state index contributed by atoms with van der Waals surface area (Å²) >= 11 is 0. The van der Waals surface area contributed by atoms with Gasteiger partial charge >= 0.3 is 0 Å². The molecule has 0 saturated carbocycles. The summed E-state index contributed by atoms with van der Waals surface area (Å²) in [6.45, 7) is 1.89. The molecule has 0 aliphatic rings. The topological polar surface area (TPSA) is 55.7 Å². The molecule has 24 heavy (non-hydrogen) atoms. The number of benzene rings is 2. The lowest BCUT2D eigenvalue weighted by Gasteiger charge is -1.96. The summed E-state index contributed by atoms with van der Waals surface area (Å²) in [4.78, 5) is 16.4. The second-order valence-electron chi connectivity index (χ2n) is 5.65. The molecule has 0 spiro atoms. The molecule has 2 aromatic heterocycles. The van der Waals surface area contributed by atoms with Crippen molar-refractivity contribution in [1.29, 1.82) is 0 Å². The standard InChI is InChI=1S/C20H15NO3/c1-13-6-8-15(23-13)11-21-12-18(22)20-10-17-16-5-3-2-4-14(16)7-9-19(17)24-20/h2-11H,12H2,1H3. The molecule has 118 valence electrons. The van der Waals surface area contributed by atoms with Gasteiger partial charge < -0.3 is 8.83 Å². The lowest BCUT2D eigenvalue weighted by molar-refractivity contribution is 0.0978. The molecule has 0 aliphatic carbocycles. The number of ketones is 1. The average Bonchev–Trinajstić information content (AvgIpc) is 3.21. The first-order valence-corrected chi connectivity index (χ1v) is 7.71. The lowest BCUT2D eigenvalue weighted by atomic mass is 10.1. The van der Waals surface area contributed by atoms with E-state index in [1.165, 1.54) is 0 Å². The average molecular weight is 317 g/mol. The highest BCUT2D eigenvalue weighted by Gasteiger charge is 2.13. The first-order chi connectivity index (χ1) is 11.7. The van der Waals surface area contributed by atoms with Crippen molar-refractivity contribution < 1.29 is 13.6 Å². The number of Topliss-reactive ketones (excluding diaryl/α,β-unsaturated/α-hetero) is 1. The fourth-order valence-electron chi connectivity index (χ4n) is 2.75. The van der Waals surface area contributed by atoms with Gasteiger partial charge in [-0.1, -0.05) is 30.3 Å². The van der Waals surface area contributed by atoms with Gasteiger partial charge in [-0.25, -0.2) is 0 Å². The summed E-state index contributed by atoms with van der Waals surface area (Å²) < 4.78 is 11.1. The molecule has 0 N–H and O–H groups in total. The molecule has 0 saturated heterocycles. The van der Waals surface area contributed by atoms with E-state index in [4.69, 9.17) is 8.83 Å². The number of aliphatic imine (C=N–C) groups is 1. The molecule has 2 heterocycles. The molecule has 0 amide bonds. The smallest absolute Gasteiger partial charge is 0.219 e. The molecule has 0 radical (unpaired) electrons. The highest BCUT2D eigenvalue weighted by molar-refractivity contribution is 6.09. The number of furan rings is 2. The minimum atomic E-state index is -0.158. The van der Waals surface area contributed by atoms with Gasteiger partial charge in [-0.15, -0.1) is 0 Å². The van der Waals surface area contributed by atoms with Crippen molar-refractivity contribution in [2.75, 3.05) is 6.54 Å². The monoisotopic (exact) mass is 317 g/mol. The van der Waals surface area contributed by atoms with E-state index in [-0.39, 0.29) is 12.3 Å². The molecule has 4 heteroatoms. The van der Waals surface area contributed by atoms with Crippen LogP contribution < -0.4 is 0 Å². The predicted octanol–water partition coefficient (Wildman–Crippen LogP) is 4.79. The van der Waals surface area contributed by atoms with E-state index in [0.717, 1.165) is 21.9 Å². The lowest BCUT2D eigenvalue weighted by Crippen LogP contribution is -2.01. The molecular formula is C20H15NO3. The Bertz CT molecular complexity index is 1070. The van der Waals surface area contributed by atoms with Gasteiger partial charge in [-0.3, -0.25) is 9.79 Å². The molecule has 4 nitrogen and oxygen atoms in total. The van der Waals surface area contributed by atoms with Gasteiger partial charge in [0.25, 0.3) is 0 Å². The van der Waals surface area contributed by atoms with Crippen LogP contribution in [0.4, 0.5) is 0 Å². The largest absolute Gasteiger partial charge is 0.460 e. The summed E-state index contributed by atoms with van der Waals surface area (Å²) in [7, 11) is 0. The Morgan fingerprint density at radius 1 is 1.04 bits per heavy atom. The maximum atomic E-state index is 12.3. The summed E-state index contributed by atoms with van der Waals surface area (Å²) in [5, 5.41) is 3.14. The van der Waals surface area contributed by atoms with Crippen LogP contribution in [0.25, 0.3) is 21.7 Å². The number of hydrogen-bond acceptors (Lipinski definition) is 4. The Kier molecular flexibility index (Phi) is 3.50. The number of rotatable bonds is 4. The van der Waals surface area contributed by atoms with Crippen LogP contribution in [-0.2, 0) is 0 Å². The zero-order chi connectivity index (χ0) is 16.5. The van der Waals surface area contributed by atoms with Gasteiger partial charge in [-0.05, 0) is 42.0 Å². The minimum absolute atomic E-state index is 0.0253. The number of fused-ring (bicyclic) bond motifs is 3. The van der Waals surface area contributed by atoms with Crippen molar-refractivity contribution in [2.45, 2.75) is 6.92 Å². The van der Waals surface area contributed by atoms with E-state index < -0.39 is 0 Å². The zero-order valence-electron chi connectivity index (χ0n) is 13.2. The van der Waals surface area contributed by atoms with E-state index in [1.807, 2.05) is 55.5 Å². The first kappa shape index (κ1) is 14.5. The predicted molar refractivity (Wildman–Crippen MR) is 94.0 cm³/mol. The highest BCUT2D eigenvalue weighted by Crippen LogP contribution is 2.28. The van der Waals surface area contributed by atoms with E-state index >= 15 is 0 Å². The molecule has 0 unspecified atom stereocenters. The Hall–Kier alpha value is -3.14. The van der Waals surface area contributed by atoms with Crippen LogP contribution in [-0.4, -0.2) is 18.5 Å². The minimum Gasteiger partial charge on any atom is -0.460 e. The number of hydrogen-bond donors (Lipinski definition) is 0. The van der Waals surface area contributed by atoms with Gasteiger partial charge in [0.1, 0.15) is 23.6 Å². The van der Waals surface area contributed by atoms with E-state index in [1.54, 1.807) is 12.3 Å². The number of carbonyl (C=O) groups is 1. The van der Waals surface area contributed by atoms with E-state index in [2.05, 4.69) is 4.99 Å². The van der Waals surface area contributed by atoms with Crippen molar-refractivity contribution in [3.8, 4) is 0 Å². The van der Waals surface area contributed by atoms with Gasteiger partial charge in [0, 0.05) is 5.39 Å². The normalized spacial score (nSPS) is 11.7. The molecule has 0 atom stereocenters. The third-order valence-electron chi connectivity index (χ3n) is 3.92. The van der Waals surface area contributed by atoms with Crippen molar-refractivity contribution in [3.63, 3.8) is 0 Å². The molecule has 4 rings (SSSR count).